The van der Waals surface area contributed by atoms with Crippen LogP contribution in [0.15, 0.2) is 29.6 Å². The topological polar surface area (TPSA) is 105 Å². The lowest BCUT2D eigenvalue weighted by Gasteiger charge is -2.34. The van der Waals surface area contributed by atoms with Gasteiger partial charge in [-0.3, -0.25) is 14.4 Å². The molecule has 1 aromatic carbocycles. The molecule has 0 aliphatic carbocycles. The summed E-state index contributed by atoms with van der Waals surface area (Å²) in [5.41, 5.74) is -0.183. The lowest BCUT2D eigenvalue weighted by Crippen LogP contribution is -2.58. The van der Waals surface area contributed by atoms with Gasteiger partial charge in [0.25, 0.3) is 5.91 Å². The van der Waals surface area contributed by atoms with Crippen molar-refractivity contribution < 1.29 is 32.7 Å². The largest absolute Gasteiger partial charge is 0.465 e. The first-order valence-electron chi connectivity index (χ1n) is 8.81. The average Bonchev–Trinajstić information content (AvgIpc) is 3.16. The van der Waals surface area contributed by atoms with Crippen molar-refractivity contribution in [3.63, 3.8) is 0 Å². The highest BCUT2D eigenvalue weighted by molar-refractivity contribution is 7.12. The van der Waals surface area contributed by atoms with E-state index in [0.717, 1.165) is 28.4 Å². The monoisotopic (exact) mass is 437 g/mol. The van der Waals surface area contributed by atoms with Crippen LogP contribution in [-0.2, 0) is 14.3 Å². The van der Waals surface area contributed by atoms with Gasteiger partial charge >= 0.3 is 5.97 Å². The number of hydrogen-bond acceptors (Lipinski definition) is 6. The third-order valence-corrected chi connectivity index (χ3v) is 5.34. The van der Waals surface area contributed by atoms with E-state index in [-0.39, 0.29) is 23.7 Å². The minimum atomic E-state index is -1.20. The molecule has 2 heterocycles. The van der Waals surface area contributed by atoms with Crippen molar-refractivity contribution >= 4 is 40.7 Å². The average molecular weight is 437 g/mol. The van der Waals surface area contributed by atoms with Crippen molar-refractivity contribution in [2.45, 2.75) is 12.5 Å². The van der Waals surface area contributed by atoms with E-state index >= 15 is 0 Å². The third kappa shape index (κ3) is 4.46. The number of amides is 3. The van der Waals surface area contributed by atoms with E-state index in [4.69, 9.17) is 0 Å². The Morgan fingerprint density at radius 1 is 1.30 bits per heavy atom. The molecule has 2 N–H and O–H groups in total. The van der Waals surface area contributed by atoms with E-state index in [9.17, 15) is 28.0 Å². The molecule has 11 heteroatoms. The normalized spacial score (nSPS) is 16.0. The van der Waals surface area contributed by atoms with Gasteiger partial charge in [0.2, 0.25) is 11.8 Å². The number of piperazine rings is 1. The maximum atomic E-state index is 14.0. The Morgan fingerprint density at radius 3 is 2.77 bits per heavy atom. The lowest BCUT2D eigenvalue weighted by molar-refractivity contribution is -0.131. The summed E-state index contributed by atoms with van der Waals surface area (Å²) < 4.78 is 31.8. The number of carbonyl (C=O) groups excluding carboxylic acids is 4. The quantitative estimate of drug-likeness (QED) is 0.694. The maximum Gasteiger partial charge on any atom is 0.350 e. The molecule has 3 amide bonds. The van der Waals surface area contributed by atoms with Gasteiger partial charge in [-0.15, -0.1) is 11.3 Å². The number of hydrogen-bond donors (Lipinski definition) is 2. The van der Waals surface area contributed by atoms with Gasteiger partial charge in [-0.2, -0.15) is 0 Å². The van der Waals surface area contributed by atoms with Crippen molar-refractivity contribution in [1.82, 2.24) is 10.2 Å². The molecule has 30 heavy (non-hydrogen) atoms. The van der Waals surface area contributed by atoms with Gasteiger partial charge in [-0.1, -0.05) is 0 Å². The predicted octanol–water partition coefficient (Wildman–Crippen LogP) is 1.78. The standard InChI is InChI=1S/C19H17F2N3O5S/c1-29-19(28)16-13(4-7-30-16)23-15(25)9-14-17(26)22-5-6-24(14)18(27)11-3-2-10(20)8-12(11)21/h2-4,7-8,14H,5-6,9H2,1H3,(H,22,26)(H,23,25). The zero-order valence-corrected chi connectivity index (χ0v) is 16.6. The van der Waals surface area contributed by atoms with Gasteiger partial charge in [0, 0.05) is 19.2 Å². The molecule has 1 unspecified atom stereocenters. The van der Waals surface area contributed by atoms with E-state index in [0.29, 0.717) is 6.07 Å². The van der Waals surface area contributed by atoms with Crippen LogP contribution in [0.3, 0.4) is 0 Å². The highest BCUT2D eigenvalue weighted by Crippen LogP contribution is 2.24. The van der Waals surface area contributed by atoms with E-state index in [1.54, 1.807) is 5.38 Å². The second kappa shape index (κ2) is 8.99. The zero-order chi connectivity index (χ0) is 21.8. The summed E-state index contributed by atoms with van der Waals surface area (Å²) in [4.78, 5) is 50.6. The van der Waals surface area contributed by atoms with Gasteiger partial charge < -0.3 is 20.3 Å². The van der Waals surface area contributed by atoms with Crippen molar-refractivity contribution in [2.24, 2.45) is 0 Å². The number of carbonyl (C=O) groups is 4. The Balaban J connectivity index is 1.77. The van der Waals surface area contributed by atoms with E-state index in [1.165, 1.54) is 13.2 Å². The summed E-state index contributed by atoms with van der Waals surface area (Å²) in [6.07, 6.45) is -0.420. The number of methoxy groups -OCH3 is 1. The Morgan fingerprint density at radius 2 is 2.07 bits per heavy atom. The molecule has 8 nitrogen and oxygen atoms in total. The van der Waals surface area contributed by atoms with E-state index in [1.807, 2.05) is 0 Å². The Labute approximate surface area is 173 Å². The SMILES string of the molecule is COC(=O)c1sccc1NC(=O)CC1C(=O)NCCN1C(=O)c1ccc(F)cc1F. The van der Waals surface area contributed by atoms with Gasteiger partial charge in [-0.25, -0.2) is 13.6 Å². The second-order valence-corrected chi connectivity index (χ2v) is 7.25. The molecule has 1 fully saturated rings. The van der Waals surface area contributed by atoms with Crippen LogP contribution in [0.2, 0.25) is 0 Å². The molecule has 0 saturated carbocycles. The van der Waals surface area contributed by atoms with Gasteiger partial charge in [-0.05, 0) is 23.6 Å². The first-order chi connectivity index (χ1) is 14.3. The number of esters is 1. The Hall–Kier alpha value is -3.34. The number of rotatable bonds is 5. The first-order valence-corrected chi connectivity index (χ1v) is 9.69. The number of nitrogens with one attached hydrogen (secondary N) is 2. The molecular formula is C19H17F2N3O5S. The predicted molar refractivity (Wildman–Crippen MR) is 103 cm³/mol. The van der Waals surface area contributed by atoms with Crippen LogP contribution in [0, 0.1) is 11.6 Å². The number of ether oxygens (including phenoxy) is 1. The molecule has 158 valence electrons. The van der Waals surface area contributed by atoms with Crippen molar-refractivity contribution in [3.8, 4) is 0 Å². The van der Waals surface area contributed by atoms with Crippen molar-refractivity contribution in [3.05, 3.63) is 51.7 Å². The Bertz CT molecular complexity index is 1010. The maximum absolute atomic E-state index is 14.0. The molecule has 0 bridgehead atoms. The van der Waals surface area contributed by atoms with Crippen LogP contribution in [-0.4, -0.2) is 54.8 Å². The number of anilines is 1. The molecule has 1 aliphatic rings. The van der Waals surface area contributed by atoms with E-state index in [2.05, 4.69) is 15.4 Å². The van der Waals surface area contributed by atoms with Crippen molar-refractivity contribution in [2.75, 3.05) is 25.5 Å². The smallest absolute Gasteiger partial charge is 0.350 e. The molecular weight excluding hydrogens is 420 g/mol. The van der Waals surface area contributed by atoms with Crippen LogP contribution >= 0.6 is 11.3 Å². The Kier molecular flexibility index (Phi) is 6.40. The third-order valence-electron chi connectivity index (χ3n) is 4.44. The fourth-order valence-electron chi connectivity index (χ4n) is 3.01. The number of halogens is 2. The minimum Gasteiger partial charge on any atom is -0.465 e. The molecule has 0 radical (unpaired) electrons. The highest BCUT2D eigenvalue weighted by Gasteiger charge is 2.36. The fourth-order valence-corrected chi connectivity index (χ4v) is 3.78. The summed E-state index contributed by atoms with van der Waals surface area (Å²) in [7, 11) is 1.21. The second-order valence-electron chi connectivity index (χ2n) is 6.34. The number of thiophene rings is 1. The van der Waals surface area contributed by atoms with Crippen LogP contribution in [0.5, 0.6) is 0 Å². The molecule has 1 aromatic heterocycles. The first kappa shape index (κ1) is 21.4. The van der Waals surface area contributed by atoms with Crippen LogP contribution in [0.4, 0.5) is 14.5 Å². The van der Waals surface area contributed by atoms with Crippen molar-refractivity contribution in [1.29, 1.82) is 0 Å². The van der Waals surface area contributed by atoms with E-state index < -0.39 is 53.4 Å². The number of benzene rings is 1. The van der Waals surface area contributed by atoms with Gasteiger partial charge in [0.1, 0.15) is 22.6 Å². The van der Waals surface area contributed by atoms with Crippen LogP contribution < -0.4 is 10.6 Å². The molecule has 1 aliphatic heterocycles. The molecule has 1 atom stereocenters. The molecule has 2 aromatic rings. The summed E-state index contributed by atoms with van der Waals surface area (Å²) in [6.45, 7) is 0.174. The minimum absolute atomic E-state index is 0.0468. The van der Waals surface area contributed by atoms with Crippen LogP contribution in [0.25, 0.3) is 0 Å². The fraction of sp³-hybridized carbons (Fsp3) is 0.263. The highest BCUT2D eigenvalue weighted by atomic mass is 32.1. The summed E-state index contributed by atoms with van der Waals surface area (Å²) in [6, 6.07) is 2.81. The summed E-state index contributed by atoms with van der Waals surface area (Å²) in [5, 5.41) is 6.66. The summed E-state index contributed by atoms with van der Waals surface area (Å²) in [5.74, 6) is -4.56. The molecule has 3 rings (SSSR count). The van der Waals surface area contributed by atoms with Gasteiger partial charge in [0.05, 0.1) is 24.8 Å². The van der Waals surface area contributed by atoms with Crippen LogP contribution in [0.1, 0.15) is 26.5 Å². The summed E-state index contributed by atoms with van der Waals surface area (Å²) >= 11 is 1.07. The molecule has 0 spiro atoms. The number of nitrogens with zero attached hydrogens (tertiary/aromatic N) is 1. The van der Waals surface area contributed by atoms with Gasteiger partial charge in [0.15, 0.2) is 0 Å². The zero-order valence-electron chi connectivity index (χ0n) is 15.7. The molecule has 1 saturated heterocycles. The lowest BCUT2D eigenvalue weighted by atomic mass is 10.1.